The highest BCUT2D eigenvalue weighted by Gasteiger charge is 2.15. The molecule has 0 N–H and O–H groups in total. The molecular weight excluding hydrogens is 314 g/mol. The molecule has 2 aromatic carbocycles. The Morgan fingerprint density at radius 1 is 1.19 bits per heavy atom. The molecule has 0 saturated heterocycles. The third kappa shape index (κ3) is 2.30. The maximum Gasteiger partial charge on any atom is 0.267 e. The zero-order valence-electron chi connectivity index (χ0n) is 10.9. The third-order valence-corrected chi connectivity index (χ3v) is 3.76. The number of benzene rings is 2. The van der Waals surface area contributed by atoms with Crippen LogP contribution < -0.4 is 5.56 Å². The van der Waals surface area contributed by atoms with E-state index in [1.54, 1.807) is 31.2 Å². The second-order valence-corrected chi connectivity index (χ2v) is 5.33. The number of para-hydroxylation sites is 1. The van der Waals surface area contributed by atoms with Gasteiger partial charge in [-0.25, -0.2) is 13.9 Å². The molecule has 0 fully saturated rings. The number of rotatable bonds is 1. The summed E-state index contributed by atoms with van der Waals surface area (Å²) < 4.78 is 14.7. The van der Waals surface area contributed by atoms with Crippen molar-refractivity contribution in [3.63, 3.8) is 0 Å². The minimum atomic E-state index is -0.460. The number of aryl methyl sites for hydroxylation is 1. The Labute approximate surface area is 129 Å². The first kappa shape index (κ1) is 14.0. The van der Waals surface area contributed by atoms with Crippen molar-refractivity contribution < 1.29 is 4.39 Å². The average molecular weight is 323 g/mol. The summed E-state index contributed by atoms with van der Waals surface area (Å²) in [5.41, 5.74) is 0.786. The second-order valence-electron chi connectivity index (χ2n) is 4.59. The Hall–Kier alpha value is -1.91. The van der Waals surface area contributed by atoms with Gasteiger partial charge in [0.05, 0.1) is 21.6 Å². The van der Waals surface area contributed by atoms with Gasteiger partial charge in [-0.3, -0.25) is 4.79 Å². The Bertz CT molecular complexity index is 921. The van der Waals surface area contributed by atoms with Crippen molar-refractivity contribution in [2.75, 3.05) is 0 Å². The monoisotopic (exact) mass is 322 g/mol. The molecule has 106 valence electrons. The minimum Gasteiger partial charge on any atom is -0.268 e. The van der Waals surface area contributed by atoms with E-state index in [2.05, 4.69) is 4.98 Å². The molecule has 6 heteroatoms. The molecule has 0 atom stereocenters. The zero-order valence-corrected chi connectivity index (χ0v) is 12.4. The van der Waals surface area contributed by atoms with Crippen LogP contribution in [0.4, 0.5) is 4.39 Å². The van der Waals surface area contributed by atoms with Crippen LogP contribution in [-0.2, 0) is 0 Å². The van der Waals surface area contributed by atoms with E-state index in [9.17, 15) is 9.18 Å². The van der Waals surface area contributed by atoms with Gasteiger partial charge in [-0.05, 0) is 42.3 Å². The lowest BCUT2D eigenvalue weighted by Crippen LogP contribution is -2.21. The van der Waals surface area contributed by atoms with Crippen molar-refractivity contribution in [1.29, 1.82) is 0 Å². The second kappa shape index (κ2) is 5.13. The lowest BCUT2D eigenvalue weighted by Gasteiger charge is -2.11. The lowest BCUT2D eigenvalue weighted by molar-refractivity contribution is 0.628. The molecule has 0 aliphatic rings. The number of halogens is 3. The van der Waals surface area contributed by atoms with Crippen molar-refractivity contribution in [2.45, 2.75) is 6.92 Å². The average Bonchev–Trinajstić information content (AvgIpc) is 2.39. The first-order valence-corrected chi connectivity index (χ1v) is 6.88. The SMILES string of the molecule is Cc1cc(F)cc2nc(Cl)n(-c3ccccc3Cl)c(=O)c12. The van der Waals surface area contributed by atoms with E-state index in [1.807, 2.05) is 0 Å². The van der Waals surface area contributed by atoms with Gasteiger partial charge in [0, 0.05) is 6.07 Å². The molecule has 0 amide bonds. The van der Waals surface area contributed by atoms with Gasteiger partial charge in [-0.2, -0.15) is 0 Å². The maximum atomic E-state index is 13.4. The van der Waals surface area contributed by atoms with Gasteiger partial charge in [0.25, 0.3) is 5.56 Å². The van der Waals surface area contributed by atoms with E-state index in [-0.39, 0.29) is 16.4 Å². The summed E-state index contributed by atoms with van der Waals surface area (Å²) in [7, 11) is 0. The van der Waals surface area contributed by atoms with Crippen molar-refractivity contribution in [2.24, 2.45) is 0 Å². The number of hydrogen-bond donors (Lipinski definition) is 0. The molecule has 1 aromatic heterocycles. The molecule has 0 bridgehead atoms. The predicted octanol–water partition coefficient (Wildman–Crippen LogP) is 4.14. The van der Waals surface area contributed by atoms with Crippen molar-refractivity contribution in [1.82, 2.24) is 9.55 Å². The van der Waals surface area contributed by atoms with Gasteiger partial charge < -0.3 is 0 Å². The molecule has 0 saturated carbocycles. The van der Waals surface area contributed by atoms with Crippen LogP contribution in [0.25, 0.3) is 16.6 Å². The van der Waals surface area contributed by atoms with E-state index in [0.29, 0.717) is 21.7 Å². The normalized spacial score (nSPS) is 11.0. The number of aromatic nitrogens is 2. The molecule has 0 spiro atoms. The lowest BCUT2D eigenvalue weighted by atomic mass is 10.1. The fourth-order valence-electron chi connectivity index (χ4n) is 2.28. The van der Waals surface area contributed by atoms with Crippen LogP contribution in [0, 0.1) is 12.7 Å². The van der Waals surface area contributed by atoms with E-state index in [4.69, 9.17) is 23.2 Å². The molecule has 0 aliphatic carbocycles. The van der Waals surface area contributed by atoms with Gasteiger partial charge in [0.2, 0.25) is 5.28 Å². The van der Waals surface area contributed by atoms with Crippen LogP contribution in [0.15, 0.2) is 41.2 Å². The third-order valence-electron chi connectivity index (χ3n) is 3.19. The van der Waals surface area contributed by atoms with Crippen LogP contribution in [-0.4, -0.2) is 9.55 Å². The highest BCUT2D eigenvalue weighted by atomic mass is 35.5. The van der Waals surface area contributed by atoms with Gasteiger partial charge in [-0.15, -0.1) is 0 Å². The fraction of sp³-hybridized carbons (Fsp3) is 0.0667. The molecule has 1 heterocycles. The molecule has 0 unspecified atom stereocenters. The largest absolute Gasteiger partial charge is 0.268 e. The van der Waals surface area contributed by atoms with Gasteiger partial charge >= 0.3 is 0 Å². The Morgan fingerprint density at radius 2 is 1.90 bits per heavy atom. The van der Waals surface area contributed by atoms with Crippen LogP contribution in [0.1, 0.15) is 5.56 Å². The number of nitrogens with zero attached hydrogens (tertiary/aromatic N) is 2. The van der Waals surface area contributed by atoms with E-state index < -0.39 is 5.82 Å². The molecule has 3 aromatic rings. The van der Waals surface area contributed by atoms with E-state index in [0.717, 1.165) is 0 Å². The van der Waals surface area contributed by atoms with Crippen LogP contribution >= 0.6 is 23.2 Å². The van der Waals surface area contributed by atoms with Crippen molar-refractivity contribution in [3.8, 4) is 5.69 Å². The molecule has 3 nitrogen and oxygen atoms in total. The highest BCUT2D eigenvalue weighted by Crippen LogP contribution is 2.24. The molecule has 21 heavy (non-hydrogen) atoms. The molecule has 0 radical (unpaired) electrons. The van der Waals surface area contributed by atoms with Crippen molar-refractivity contribution >= 4 is 34.1 Å². The first-order valence-electron chi connectivity index (χ1n) is 6.12. The van der Waals surface area contributed by atoms with Crippen LogP contribution in [0.3, 0.4) is 0 Å². The summed E-state index contributed by atoms with van der Waals surface area (Å²) in [6.07, 6.45) is 0. The summed E-state index contributed by atoms with van der Waals surface area (Å²) in [5, 5.41) is 0.633. The Kier molecular flexibility index (Phi) is 3.43. The standard InChI is InChI=1S/C15H9Cl2FN2O/c1-8-6-9(18)7-11-13(8)14(21)20(15(17)19-11)12-5-3-2-4-10(12)16/h2-7H,1H3. The fourth-order valence-corrected chi connectivity index (χ4v) is 2.76. The first-order chi connectivity index (χ1) is 9.99. The molecular formula is C15H9Cl2FN2O. The highest BCUT2D eigenvalue weighted by molar-refractivity contribution is 6.33. The topological polar surface area (TPSA) is 34.9 Å². The van der Waals surface area contributed by atoms with E-state index >= 15 is 0 Å². The molecule has 0 aliphatic heterocycles. The van der Waals surface area contributed by atoms with Gasteiger partial charge in [0.15, 0.2) is 0 Å². The Morgan fingerprint density at radius 3 is 2.62 bits per heavy atom. The Balaban J connectivity index is 2.46. The summed E-state index contributed by atoms with van der Waals surface area (Å²) in [6.45, 7) is 1.65. The number of hydrogen-bond acceptors (Lipinski definition) is 2. The van der Waals surface area contributed by atoms with Crippen molar-refractivity contribution in [3.05, 3.63) is 68.4 Å². The zero-order chi connectivity index (χ0) is 15.1. The summed E-state index contributed by atoms with van der Waals surface area (Å²) >= 11 is 12.2. The van der Waals surface area contributed by atoms with Crippen LogP contribution in [0.2, 0.25) is 10.3 Å². The summed E-state index contributed by atoms with van der Waals surface area (Å²) in [4.78, 5) is 16.8. The predicted molar refractivity (Wildman–Crippen MR) is 82.1 cm³/mol. The van der Waals surface area contributed by atoms with Gasteiger partial charge in [-0.1, -0.05) is 23.7 Å². The smallest absolute Gasteiger partial charge is 0.267 e. The number of fused-ring (bicyclic) bond motifs is 1. The van der Waals surface area contributed by atoms with E-state index in [1.165, 1.54) is 16.7 Å². The quantitative estimate of drug-likeness (QED) is 0.631. The molecule has 3 rings (SSSR count). The minimum absolute atomic E-state index is 0.0643. The maximum absolute atomic E-state index is 13.4. The van der Waals surface area contributed by atoms with Crippen LogP contribution in [0.5, 0.6) is 0 Å². The summed E-state index contributed by atoms with van der Waals surface area (Å²) in [5.74, 6) is -0.460. The summed E-state index contributed by atoms with van der Waals surface area (Å²) in [6, 6.07) is 9.29. The van der Waals surface area contributed by atoms with Gasteiger partial charge in [0.1, 0.15) is 5.82 Å².